The fourth-order valence-corrected chi connectivity index (χ4v) is 5.28. The molecule has 0 saturated heterocycles. The Morgan fingerprint density at radius 1 is 0.708 bits per heavy atom. The molecule has 1 aromatic heterocycles. The lowest BCUT2D eigenvalue weighted by Crippen LogP contribution is -2.37. The van der Waals surface area contributed by atoms with E-state index in [9.17, 15) is 31.1 Å². The maximum Gasteiger partial charge on any atom is 0.490 e. The van der Waals surface area contributed by atoms with E-state index in [0.29, 0.717) is 13.0 Å². The third-order valence-corrected chi connectivity index (χ3v) is 7.73. The van der Waals surface area contributed by atoms with Gasteiger partial charge in [0.25, 0.3) is 0 Å². The molecule has 0 aliphatic carbocycles. The van der Waals surface area contributed by atoms with Gasteiger partial charge in [0.1, 0.15) is 0 Å². The van der Waals surface area contributed by atoms with Gasteiger partial charge < -0.3 is 26.6 Å². The normalized spacial score (nSPS) is 11.8. The van der Waals surface area contributed by atoms with Gasteiger partial charge in [-0.15, -0.1) is 11.3 Å². The summed E-state index contributed by atoms with van der Waals surface area (Å²) in [5, 5.41) is 14.2. The molecule has 3 aromatic rings. The molecule has 0 radical (unpaired) electrons. The summed E-state index contributed by atoms with van der Waals surface area (Å²) in [4.78, 5) is 35.9. The average molecular weight is 706 g/mol. The van der Waals surface area contributed by atoms with Crippen molar-refractivity contribution in [3.63, 3.8) is 0 Å². The van der Waals surface area contributed by atoms with Gasteiger partial charge in [-0.2, -0.15) is 26.3 Å². The Hall–Kier alpha value is -3.95. The summed E-state index contributed by atoms with van der Waals surface area (Å²) >= 11 is 1.92. The molecule has 48 heavy (non-hydrogen) atoms. The van der Waals surface area contributed by atoms with Crippen molar-refractivity contribution in [3.8, 4) is 0 Å². The minimum atomic E-state index is -5.08. The van der Waals surface area contributed by atoms with E-state index >= 15 is 0 Å². The number of hydrogen-bond acceptors (Lipinski definition) is 6. The standard InChI is InChI=1S/C29H39N3OS.2C2HF3O2/c30-19-9-7-15-27-17-18-28(34-27)16-8-10-20-32(23-25-13-5-2-6-14-25)29(33)22-26(31)21-24-11-3-1-4-12-24;2*3-2(4,5)1(6)7/h1-6,11-14,17-18,26H,7-10,15-16,19-23,30-31H2;2*(H,6,7)/t26-;;/m0../s1. The van der Waals surface area contributed by atoms with E-state index in [1.54, 1.807) is 0 Å². The molecule has 0 aliphatic heterocycles. The molecule has 2 aromatic carbocycles. The van der Waals surface area contributed by atoms with Gasteiger partial charge in [-0.3, -0.25) is 4.79 Å². The average Bonchev–Trinajstić information content (AvgIpc) is 3.47. The molecule has 266 valence electrons. The first-order valence-corrected chi connectivity index (χ1v) is 15.8. The van der Waals surface area contributed by atoms with Crippen molar-refractivity contribution in [1.82, 2.24) is 4.90 Å². The van der Waals surface area contributed by atoms with Crippen LogP contribution in [-0.4, -0.2) is 64.4 Å². The maximum atomic E-state index is 13.2. The Kier molecular flexibility index (Phi) is 19.1. The molecule has 1 atom stereocenters. The highest BCUT2D eigenvalue weighted by atomic mass is 32.1. The number of thiophene rings is 1. The fraction of sp³-hybridized carbons (Fsp3) is 0.424. The predicted molar refractivity (Wildman–Crippen MR) is 171 cm³/mol. The molecule has 6 N–H and O–H groups in total. The number of carboxylic acids is 2. The second-order valence-corrected chi connectivity index (χ2v) is 11.9. The molecule has 0 bridgehead atoms. The number of hydrogen-bond donors (Lipinski definition) is 4. The first-order valence-electron chi connectivity index (χ1n) is 15.0. The number of aryl methyl sites for hydroxylation is 2. The Labute approximate surface area is 279 Å². The topological polar surface area (TPSA) is 147 Å². The number of benzene rings is 2. The van der Waals surface area contributed by atoms with Crippen molar-refractivity contribution in [2.75, 3.05) is 13.1 Å². The third kappa shape index (κ3) is 19.0. The van der Waals surface area contributed by atoms with E-state index in [0.717, 1.165) is 57.2 Å². The highest BCUT2D eigenvalue weighted by Crippen LogP contribution is 2.21. The van der Waals surface area contributed by atoms with E-state index < -0.39 is 24.3 Å². The van der Waals surface area contributed by atoms with E-state index in [2.05, 4.69) is 36.4 Å². The van der Waals surface area contributed by atoms with Crippen LogP contribution < -0.4 is 11.5 Å². The first kappa shape index (κ1) is 42.1. The summed E-state index contributed by atoms with van der Waals surface area (Å²) < 4.78 is 63.5. The molecule has 3 rings (SSSR count). The second-order valence-electron chi connectivity index (χ2n) is 10.6. The van der Waals surface area contributed by atoms with E-state index in [-0.39, 0.29) is 11.9 Å². The van der Waals surface area contributed by atoms with Crippen LogP contribution in [0.1, 0.15) is 53.0 Å². The molecule has 0 unspecified atom stereocenters. The van der Waals surface area contributed by atoms with Crippen LogP contribution in [0.2, 0.25) is 0 Å². The van der Waals surface area contributed by atoms with Crippen molar-refractivity contribution in [2.45, 2.75) is 76.3 Å². The van der Waals surface area contributed by atoms with Crippen molar-refractivity contribution in [2.24, 2.45) is 11.5 Å². The number of halogens is 6. The van der Waals surface area contributed by atoms with Gasteiger partial charge in [-0.05, 0) is 74.8 Å². The number of amides is 1. The molecular weight excluding hydrogens is 664 g/mol. The predicted octanol–water partition coefficient (Wildman–Crippen LogP) is 6.61. The Morgan fingerprint density at radius 3 is 1.58 bits per heavy atom. The van der Waals surface area contributed by atoms with Gasteiger partial charge in [0.2, 0.25) is 5.91 Å². The number of nitrogens with zero attached hydrogens (tertiary/aromatic N) is 1. The van der Waals surface area contributed by atoms with Crippen LogP contribution in [0.5, 0.6) is 0 Å². The minimum Gasteiger partial charge on any atom is -0.475 e. The number of alkyl halides is 6. The summed E-state index contributed by atoms with van der Waals surface area (Å²) in [7, 11) is 0. The van der Waals surface area contributed by atoms with Gasteiger partial charge >= 0.3 is 24.3 Å². The van der Waals surface area contributed by atoms with Crippen molar-refractivity contribution in [3.05, 3.63) is 93.7 Å². The molecule has 15 heteroatoms. The number of carbonyl (C=O) groups is 3. The SMILES string of the molecule is NCCCCc1ccc(CCCCN(Cc2ccccc2)C(=O)C[C@@H](N)Cc2ccccc2)s1.O=C(O)C(F)(F)F.O=C(O)C(F)(F)F. The smallest absolute Gasteiger partial charge is 0.475 e. The molecule has 0 fully saturated rings. The number of carbonyl (C=O) groups excluding carboxylic acids is 1. The number of aliphatic carboxylic acids is 2. The van der Waals surface area contributed by atoms with Crippen molar-refractivity contribution >= 4 is 29.2 Å². The monoisotopic (exact) mass is 705 g/mol. The number of carboxylic acid groups (broad SMARTS) is 2. The van der Waals surface area contributed by atoms with Gasteiger partial charge in [0.15, 0.2) is 0 Å². The number of rotatable bonds is 15. The van der Waals surface area contributed by atoms with E-state index in [1.807, 2.05) is 52.6 Å². The third-order valence-electron chi connectivity index (χ3n) is 6.53. The number of unbranched alkanes of at least 4 members (excludes halogenated alkanes) is 2. The Bertz CT molecular complexity index is 1330. The lowest BCUT2D eigenvalue weighted by Gasteiger charge is -2.24. The van der Waals surface area contributed by atoms with Gasteiger partial charge in [0.05, 0.1) is 0 Å². The van der Waals surface area contributed by atoms with Crippen LogP contribution >= 0.6 is 11.3 Å². The molecular formula is C33H41F6N3O5S. The largest absolute Gasteiger partial charge is 0.490 e. The molecule has 0 spiro atoms. The van der Waals surface area contributed by atoms with Crippen molar-refractivity contribution < 1.29 is 50.9 Å². The molecule has 0 aliphatic rings. The summed E-state index contributed by atoms with van der Waals surface area (Å²) in [6.07, 6.45) is -2.54. The highest BCUT2D eigenvalue weighted by Gasteiger charge is 2.38. The lowest BCUT2D eigenvalue weighted by molar-refractivity contribution is -0.193. The summed E-state index contributed by atoms with van der Waals surface area (Å²) in [6, 6.07) is 24.8. The van der Waals surface area contributed by atoms with Crippen LogP contribution in [0, 0.1) is 0 Å². The molecule has 1 heterocycles. The van der Waals surface area contributed by atoms with Gasteiger partial charge in [-0.25, -0.2) is 9.59 Å². The summed E-state index contributed by atoms with van der Waals surface area (Å²) in [5.41, 5.74) is 14.3. The molecule has 8 nitrogen and oxygen atoms in total. The maximum absolute atomic E-state index is 13.2. The van der Waals surface area contributed by atoms with Crippen LogP contribution in [0.25, 0.3) is 0 Å². The van der Waals surface area contributed by atoms with E-state index in [4.69, 9.17) is 31.3 Å². The fourth-order valence-electron chi connectivity index (χ4n) is 4.17. The van der Waals surface area contributed by atoms with E-state index in [1.165, 1.54) is 21.7 Å². The zero-order valence-electron chi connectivity index (χ0n) is 26.2. The van der Waals surface area contributed by atoms with Crippen LogP contribution in [0.3, 0.4) is 0 Å². The van der Waals surface area contributed by atoms with Gasteiger partial charge in [-0.1, -0.05) is 60.7 Å². The molecule has 1 amide bonds. The number of nitrogens with two attached hydrogens (primary N) is 2. The zero-order chi connectivity index (χ0) is 36.2. The van der Waals surface area contributed by atoms with Gasteiger partial charge in [0, 0.05) is 35.3 Å². The minimum absolute atomic E-state index is 0.144. The summed E-state index contributed by atoms with van der Waals surface area (Å²) in [5.74, 6) is -5.37. The lowest BCUT2D eigenvalue weighted by atomic mass is 10.0. The highest BCUT2D eigenvalue weighted by molar-refractivity contribution is 7.11. The quantitative estimate of drug-likeness (QED) is 0.103. The Morgan fingerprint density at radius 2 is 1.15 bits per heavy atom. The second kappa shape index (κ2) is 21.8. The summed E-state index contributed by atoms with van der Waals surface area (Å²) in [6.45, 7) is 2.18. The Balaban J connectivity index is 0.000000687. The zero-order valence-corrected chi connectivity index (χ0v) is 27.0. The molecule has 0 saturated carbocycles. The first-order chi connectivity index (χ1) is 22.5. The van der Waals surface area contributed by atoms with Crippen LogP contribution in [0.15, 0.2) is 72.8 Å². The van der Waals surface area contributed by atoms with Crippen LogP contribution in [0.4, 0.5) is 26.3 Å². The van der Waals surface area contributed by atoms with Crippen molar-refractivity contribution in [1.29, 1.82) is 0 Å². The van der Waals surface area contributed by atoms with Crippen LogP contribution in [-0.2, 0) is 40.2 Å².